The molecule has 0 unspecified atom stereocenters. The van der Waals surface area contributed by atoms with Crippen molar-refractivity contribution in [1.82, 2.24) is 15.0 Å². The molecule has 35 heavy (non-hydrogen) atoms. The summed E-state index contributed by atoms with van der Waals surface area (Å²) >= 11 is 0. The molecule has 0 aliphatic rings. The Morgan fingerprint density at radius 2 is 1.20 bits per heavy atom. The quantitative estimate of drug-likeness (QED) is 0.313. The van der Waals surface area contributed by atoms with E-state index in [1.807, 2.05) is 12.1 Å². The number of rotatable bonds is 5. The maximum Gasteiger partial charge on any atom is 0.163 e. The van der Waals surface area contributed by atoms with Crippen molar-refractivity contribution in [3.05, 3.63) is 81.7 Å². The van der Waals surface area contributed by atoms with E-state index in [4.69, 9.17) is 9.72 Å². The molecule has 0 atom stereocenters. The first-order valence-corrected chi connectivity index (χ1v) is 11.9. The Morgan fingerprint density at radius 1 is 0.686 bits per heavy atom. The monoisotopic (exact) mass is 466 g/mol. The van der Waals surface area contributed by atoms with Crippen LogP contribution in [0.1, 0.15) is 38.9 Å². The number of benzene rings is 3. The number of nitrogens with zero attached hydrogens (tertiary/aromatic N) is 4. The summed E-state index contributed by atoms with van der Waals surface area (Å²) in [6, 6.07) is 12.5. The van der Waals surface area contributed by atoms with Crippen LogP contribution in [0.15, 0.2) is 42.7 Å². The molecule has 0 aliphatic carbocycles. The Bertz CT molecular complexity index is 1360. The van der Waals surface area contributed by atoms with Crippen LogP contribution in [0.3, 0.4) is 0 Å². The highest BCUT2D eigenvalue weighted by molar-refractivity contribution is 5.80. The highest BCUT2D eigenvalue weighted by Crippen LogP contribution is 2.40. The lowest BCUT2D eigenvalue weighted by atomic mass is 9.90. The number of anilines is 2. The fourth-order valence-corrected chi connectivity index (χ4v) is 5.14. The minimum absolute atomic E-state index is 0.717. The van der Waals surface area contributed by atoms with Crippen molar-refractivity contribution < 1.29 is 4.74 Å². The summed E-state index contributed by atoms with van der Waals surface area (Å²) < 4.78 is 5.33. The zero-order valence-corrected chi connectivity index (χ0v) is 22.2. The molecule has 0 saturated heterocycles. The molecule has 0 bridgehead atoms. The zero-order valence-electron chi connectivity index (χ0n) is 22.2. The number of aryl methyl sites for hydroxylation is 3. The van der Waals surface area contributed by atoms with Crippen molar-refractivity contribution in [2.45, 2.75) is 48.5 Å². The number of aromatic nitrogens is 3. The van der Waals surface area contributed by atoms with Crippen molar-refractivity contribution >= 4 is 11.4 Å². The normalized spacial score (nSPS) is 11.0. The van der Waals surface area contributed by atoms with E-state index in [1.54, 1.807) is 13.4 Å². The Balaban J connectivity index is 1.84. The largest absolute Gasteiger partial charge is 0.497 e. The van der Waals surface area contributed by atoms with Crippen LogP contribution >= 0.6 is 0 Å². The standard InChI is InChI=1S/C30H34N4O/c1-17-14-18(2)26(19(3)15-17)29-31-16-32-30(33-29)27-20(4)22(6)28(23(7)21(27)5)34(8)24-10-12-25(35-9)13-11-24/h10-16H,1-9H3. The van der Waals surface area contributed by atoms with Gasteiger partial charge in [0.2, 0.25) is 0 Å². The molecule has 0 fully saturated rings. The van der Waals surface area contributed by atoms with E-state index in [-0.39, 0.29) is 0 Å². The summed E-state index contributed by atoms with van der Waals surface area (Å²) in [5, 5.41) is 0. The number of ether oxygens (including phenoxy) is 1. The van der Waals surface area contributed by atoms with Crippen molar-refractivity contribution in [2.75, 3.05) is 19.1 Å². The average molecular weight is 467 g/mol. The van der Waals surface area contributed by atoms with E-state index in [2.05, 4.69) is 94.6 Å². The first kappa shape index (κ1) is 24.4. The van der Waals surface area contributed by atoms with E-state index >= 15 is 0 Å². The molecule has 0 amide bonds. The van der Waals surface area contributed by atoms with Crippen LogP contribution in [0, 0.1) is 48.5 Å². The molecule has 4 rings (SSSR count). The van der Waals surface area contributed by atoms with Crippen LogP contribution in [0.5, 0.6) is 5.75 Å². The molecule has 0 saturated carbocycles. The van der Waals surface area contributed by atoms with Crippen LogP contribution in [0.25, 0.3) is 22.8 Å². The minimum atomic E-state index is 0.717. The average Bonchev–Trinajstić information content (AvgIpc) is 2.83. The second-order valence-electron chi connectivity index (χ2n) is 9.39. The van der Waals surface area contributed by atoms with Gasteiger partial charge < -0.3 is 9.64 Å². The molecule has 0 radical (unpaired) electrons. The summed E-state index contributed by atoms with van der Waals surface area (Å²) in [6.07, 6.45) is 1.64. The van der Waals surface area contributed by atoms with Crippen LogP contribution in [0.2, 0.25) is 0 Å². The maximum absolute atomic E-state index is 5.33. The number of methoxy groups -OCH3 is 1. The first-order chi connectivity index (χ1) is 16.6. The second-order valence-corrected chi connectivity index (χ2v) is 9.39. The summed E-state index contributed by atoms with van der Waals surface area (Å²) in [5.41, 5.74) is 12.9. The molecular weight excluding hydrogens is 432 g/mol. The van der Waals surface area contributed by atoms with Crippen molar-refractivity contribution in [3.8, 4) is 28.5 Å². The fraction of sp³-hybridized carbons (Fsp3) is 0.300. The van der Waals surface area contributed by atoms with E-state index < -0.39 is 0 Å². The Hall–Kier alpha value is -3.73. The van der Waals surface area contributed by atoms with Crippen molar-refractivity contribution in [1.29, 1.82) is 0 Å². The maximum atomic E-state index is 5.33. The highest BCUT2D eigenvalue weighted by atomic mass is 16.5. The molecule has 1 aromatic heterocycles. The van der Waals surface area contributed by atoms with E-state index in [9.17, 15) is 0 Å². The Morgan fingerprint density at radius 3 is 1.71 bits per heavy atom. The molecule has 5 heteroatoms. The number of hydrogen-bond acceptors (Lipinski definition) is 5. The lowest BCUT2D eigenvalue weighted by Gasteiger charge is -2.28. The lowest BCUT2D eigenvalue weighted by molar-refractivity contribution is 0.415. The minimum Gasteiger partial charge on any atom is -0.497 e. The van der Waals surface area contributed by atoms with Gasteiger partial charge in [-0.3, -0.25) is 0 Å². The molecular formula is C30H34N4O. The summed E-state index contributed by atoms with van der Waals surface area (Å²) in [7, 11) is 3.80. The van der Waals surface area contributed by atoms with Gasteiger partial charge >= 0.3 is 0 Å². The number of hydrogen-bond donors (Lipinski definition) is 0. The molecule has 0 spiro atoms. The molecule has 0 N–H and O–H groups in total. The SMILES string of the molecule is COc1ccc(N(C)c2c(C)c(C)c(-c3ncnc(-c4c(C)cc(C)cc4C)n3)c(C)c2C)cc1. The van der Waals surface area contributed by atoms with Crippen LogP contribution in [-0.4, -0.2) is 29.1 Å². The van der Waals surface area contributed by atoms with Crippen LogP contribution in [-0.2, 0) is 0 Å². The van der Waals surface area contributed by atoms with E-state index in [0.29, 0.717) is 5.82 Å². The third kappa shape index (κ3) is 4.39. The van der Waals surface area contributed by atoms with E-state index in [1.165, 1.54) is 44.6 Å². The molecule has 180 valence electrons. The van der Waals surface area contributed by atoms with Gasteiger partial charge in [-0.05, 0) is 106 Å². The third-order valence-corrected chi connectivity index (χ3v) is 7.08. The molecule has 1 heterocycles. The molecule has 0 aliphatic heterocycles. The van der Waals surface area contributed by atoms with Gasteiger partial charge in [0.15, 0.2) is 11.6 Å². The third-order valence-electron chi connectivity index (χ3n) is 7.08. The van der Waals surface area contributed by atoms with Gasteiger partial charge in [0, 0.05) is 29.5 Å². The predicted octanol–water partition coefficient (Wildman–Crippen LogP) is 7.14. The van der Waals surface area contributed by atoms with Gasteiger partial charge in [0.1, 0.15) is 12.1 Å². The summed E-state index contributed by atoms with van der Waals surface area (Å²) in [4.78, 5) is 16.4. The smallest absolute Gasteiger partial charge is 0.163 e. The Kier molecular flexibility index (Phi) is 6.62. The topological polar surface area (TPSA) is 51.1 Å². The van der Waals surface area contributed by atoms with Gasteiger partial charge in [-0.25, -0.2) is 15.0 Å². The zero-order chi connectivity index (χ0) is 25.4. The van der Waals surface area contributed by atoms with Gasteiger partial charge in [-0.15, -0.1) is 0 Å². The Labute approximate surface area is 208 Å². The fourth-order valence-electron chi connectivity index (χ4n) is 5.14. The van der Waals surface area contributed by atoms with Crippen molar-refractivity contribution in [2.24, 2.45) is 0 Å². The van der Waals surface area contributed by atoms with Gasteiger partial charge in [-0.1, -0.05) is 17.7 Å². The summed E-state index contributed by atoms with van der Waals surface area (Å²) in [6.45, 7) is 15.0. The predicted molar refractivity (Wildman–Crippen MR) is 145 cm³/mol. The van der Waals surface area contributed by atoms with Gasteiger partial charge in [-0.2, -0.15) is 0 Å². The second kappa shape index (κ2) is 9.49. The van der Waals surface area contributed by atoms with Crippen LogP contribution < -0.4 is 9.64 Å². The molecule has 3 aromatic carbocycles. The van der Waals surface area contributed by atoms with E-state index in [0.717, 1.165) is 28.4 Å². The lowest BCUT2D eigenvalue weighted by Crippen LogP contribution is -2.15. The summed E-state index contributed by atoms with van der Waals surface area (Å²) in [5.74, 6) is 2.29. The van der Waals surface area contributed by atoms with Crippen molar-refractivity contribution in [3.63, 3.8) is 0 Å². The first-order valence-electron chi connectivity index (χ1n) is 11.9. The highest BCUT2D eigenvalue weighted by Gasteiger charge is 2.21. The van der Waals surface area contributed by atoms with Gasteiger partial charge in [0.05, 0.1) is 7.11 Å². The van der Waals surface area contributed by atoms with Crippen LogP contribution in [0.4, 0.5) is 11.4 Å². The molecule has 5 nitrogen and oxygen atoms in total. The van der Waals surface area contributed by atoms with Gasteiger partial charge in [0.25, 0.3) is 0 Å². The molecule has 4 aromatic rings.